The van der Waals surface area contributed by atoms with Gasteiger partial charge in [0, 0.05) is 52.3 Å². The molecule has 0 aromatic heterocycles. The molecule has 4 nitrogen and oxygen atoms in total. The summed E-state index contributed by atoms with van der Waals surface area (Å²) in [7, 11) is 1.71. The quantitative estimate of drug-likeness (QED) is 0.359. The molecule has 0 radical (unpaired) electrons. The molecule has 2 aromatic rings. The van der Waals surface area contributed by atoms with Crippen LogP contribution in [0.2, 0.25) is 0 Å². The number of hydrogen-bond donors (Lipinski definition) is 0. The van der Waals surface area contributed by atoms with Gasteiger partial charge < -0.3 is 14.4 Å². The summed E-state index contributed by atoms with van der Waals surface area (Å²) in [6.45, 7) is 4.82. The Morgan fingerprint density at radius 2 is 2.14 bits per heavy atom. The number of carbonyl (C=O) groups excluding carboxylic acids is 1. The van der Waals surface area contributed by atoms with E-state index in [1.165, 1.54) is 10.5 Å². The molecule has 29 heavy (non-hydrogen) atoms. The highest BCUT2D eigenvalue weighted by Gasteiger charge is 2.21. The predicted octanol–water partition coefficient (Wildman–Crippen LogP) is 5.43. The van der Waals surface area contributed by atoms with Crippen molar-refractivity contribution < 1.29 is 9.53 Å². The fourth-order valence-corrected chi connectivity index (χ4v) is 4.93. The molecular weight excluding hydrogens is 448 g/mol. The van der Waals surface area contributed by atoms with Crippen LogP contribution < -0.4 is 4.74 Å². The van der Waals surface area contributed by atoms with Gasteiger partial charge in [-0.15, -0.1) is 11.8 Å². The molecule has 0 bridgehead atoms. The van der Waals surface area contributed by atoms with Gasteiger partial charge in [0.05, 0.1) is 7.11 Å². The van der Waals surface area contributed by atoms with E-state index in [1.54, 1.807) is 18.9 Å². The number of halogens is 1. The fourth-order valence-electron chi connectivity index (χ4n) is 3.49. The monoisotopic (exact) mass is 474 g/mol. The maximum atomic E-state index is 10.9. The summed E-state index contributed by atoms with van der Waals surface area (Å²) in [5, 5.41) is 0. The number of carbonyl (C=O) groups is 1. The molecule has 1 aliphatic rings. The van der Waals surface area contributed by atoms with Gasteiger partial charge in [0.1, 0.15) is 17.9 Å². The van der Waals surface area contributed by atoms with Crippen LogP contribution in [0.4, 0.5) is 0 Å². The molecule has 0 saturated heterocycles. The van der Waals surface area contributed by atoms with Gasteiger partial charge in [0.25, 0.3) is 0 Å². The van der Waals surface area contributed by atoms with E-state index in [2.05, 4.69) is 58.1 Å². The van der Waals surface area contributed by atoms with E-state index < -0.39 is 0 Å². The number of rotatable bonds is 9. The molecular formula is C23H27BrN2O2S. The molecule has 0 aliphatic carbocycles. The maximum absolute atomic E-state index is 10.9. The second-order valence-corrected chi connectivity index (χ2v) is 9.19. The average Bonchev–Trinajstić information content (AvgIpc) is 2.73. The third kappa shape index (κ3) is 5.86. The van der Waals surface area contributed by atoms with Crippen LogP contribution in [-0.4, -0.2) is 43.8 Å². The van der Waals surface area contributed by atoms with Crippen LogP contribution in [0.5, 0.6) is 5.75 Å². The Hall–Kier alpha value is -1.79. The fraction of sp³-hybridized carbons (Fsp3) is 0.391. The van der Waals surface area contributed by atoms with Gasteiger partial charge in [-0.25, -0.2) is 0 Å². The van der Waals surface area contributed by atoms with Crippen LogP contribution in [0.15, 0.2) is 56.8 Å². The first kappa shape index (κ1) is 21.9. The van der Waals surface area contributed by atoms with Crippen molar-refractivity contribution in [3.05, 3.63) is 58.1 Å². The van der Waals surface area contributed by atoms with Crippen LogP contribution in [0.1, 0.15) is 30.9 Å². The molecule has 0 N–H and O–H groups in total. The summed E-state index contributed by atoms with van der Waals surface area (Å²) in [6, 6.07) is 14.6. The zero-order valence-electron chi connectivity index (χ0n) is 16.9. The zero-order chi connectivity index (χ0) is 20.6. The van der Waals surface area contributed by atoms with Gasteiger partial charge in [-0.3, -0.25) is 4.99 Å². The number of benzene rings is 2. The number of hydrogen-bond acceptors (Lipinski definition) is 5. The predicted molar refractivity (Wildman–Crippen MR) is 124 cm³/mol. The molecule has 154 valence electrons. The lowest BCUT2D eigenvalue weighted by atomic mass is 10.1. The Labute approximate surface area is 185 Å². The summed E-state index contributed by atoms with van der Waals surface area (Å²) in [5.74, 6) is 3.09. The first-order chi connectivity index (χ1) is 14.1. The van der Waals surface area contributed by atoms with Crippen LogP contribution >= 0.6 is 27.7 Å². The normalized spacial score (nSPS) is 15.0. The first-order valence-electron chi connectivity index (χ1n) is 9.90. The standard InChI is InChI=1S/C23H27BrN2O2S/c1-17(10-13-27)15-26-12-5-11-25-23(26)20-6-3-4-7-22(20)29-16-18-14-19(24)8-9-21(18)28-2/h3-4,6-9,13-14,17H,5,10-12,15-16H2,1-2H3. The van der Waals surface area contributed by atoms with Crippen LogP contribution in [0.25, 0.3) is 0 Å². The largest absolute Gasteiger partial charge is 0.496 e. The SMILES string of the molecule is COc1ccc(Br)cc1CSc1ccccc1C1=NCCCN1CC(C)CC=O. The minimum Gasteiger partial charge on any atom is -0.496 e. The van der Waals surface area contributed by atoms with E-state index in [4.69, 9.17) is 9.73 Å². The Morgan fingerprint density at radius 3 is 2.93 bits per heavy atom. The number of nitrogens with zero attached hydrogens (tertiary/aromatic N) is 2. The Bertz CT molecular complexity index is 872. The van der Waals surface area contributed by atoms with Crippen molar-refractivity contribution in [3.63, 3.8) is 0 Å². The van der Waals surface area contributed by atoms with E-state index in [0.717, 1.165) is 59.7 Å². The van der Waals surface area contributed by atoms with Crippen molar-refractivity contribution in [1.82, 2.24) is 4.90 Å². The molecule has 3 rings (SSSR count). The van der Waals surface area contributed by atoms with Crippen LogP contribution in [0, 0.1) is 5.92 Å². The second kappa shape index (κ2) is 10.8. The van der Waals surface area contributed by atoms with Crippen molar-refractivity contribution in [3.8, 4) is 5.75 Å². The molecule has 0 spiro atoms. The highest BCUT2D eigenvalue weighted by molar-refractivity contribution is 9.10. The topological polar surface area (TPSA) is 41.9 Å². The molecule has 6 heteroatoms. The van der Waals surface area contributed by atoms with Crippen molar-refractivity contribution in [1.29, 1.82) is 0 Å². The lowest BCUT2D eigenvalue weighted by Crippen LogP contribution is -2.39. The highest BCUT2D eigenvalue weighted by Crippen LogP contribution is 2.33. The average molecular weight is 475 g/mol. The van der Waals surface area contributed by atoms with Crippen molar-refractivity contribution >= 4 is 39.8 Å². The summed E-state index contributed by atoms with van der Waals surface area (Å²) in [4.78, 5) is 19.3. The first-order valence-corrected chi connectivity index (χ1v) is 11.7. The van der Waals surface area contributed by atoms with Gasteiger partial charge in [-0.1, -0.05) is 41.1 Å². The zero-order valence-corrected chi connectivity index (χ0v) is 19.3. The van der Waals surface area contributed by atoms with E-state index >= 15 is 0 Å². The van der Waals surface area contributed by atoms with E-state index in [1.807, 2.05) is 12.1 Å². The van der Waals surface area contributed by atoms with E-state index in [9.17, 15) is 4.79 Å². The molecule has 0 saturated carbocycles. The third-order valence-electron chi connectivity index (χ3n) is 4.93. The summed E-state index contributed by atoms with van der Waals surface area (Å²) in [6.07, 6.45) is 2.66. The van der Waals surface area contributed by atoms with Crippen molar-refractivity contribution in [2.24, 2.45) is 10.9 Å². The third-order valence-corrected chi connectivity index (χ3v) is 6.55. The van der Waals surface area contributed by atoms with Gasteiger partial charge in [-0.05, 0) is 36.6 Å². The lowest BCUT2D eigenvalue weighted by molar-refractivity contribution is -0.108. The maximum Gasteiger partial charge on any atom is 0.132 e. The highest BCUT2D eigenvalue weighted by atomic mass is 79.9. The number of amidine groups is 1. The molecule has 2 aromatic carbocycles. The Morgan fingerprint density at radius 1 is 1.31 bits per heavy atom. The van der Waals surface area contributed by atoms with Crippen LogP contribution in [0.3, 0.4) is 0 Å². The molecule has 1 atom stereocenters. The van der Waals surface area contributed by atoms with Gasteiger partial charge in [0.2, 0.25) is 0 Å². The second-order valence-electron chi connectivity index (χ2n) is 7.25. The molecule has 1 unspecified atom stereocenters. The van der Waals surface area contributed by atoms with E-state index in [0.29, 0.717) is 12.3 Å². The van der Waals surface area contributed by atoms with Gasteiger partial charge >= 0.3 is 0 Å². The van der Waals surface area contributed by atoms with E-state index in [-0.39, 0.29) is 0 Å². The van der Waals surface area contributed by atoms with Gasteiger partial charge in [0.15, 0.2) is 0 Å². The molecule has 1 aliphatic heterocycles. The number of thioether (sulfide) groups is 1. The summed E-state index contributed by atoms with van der Waals surface area (Å²) < 4.78 is 6.57. The molecule has 1 heterocycles. The number of aliphatic imine (C=N–C) groups is 1. The molecule has 0 amide bonds. The Kier molecular flexibility index (Phi) is 8.19. The summed E-state index contributed by atoms with van der Waals surface area (Å²) >= 11 is 5.36. The number of ether oxygens (including phenoxy) is 1. The minimum atomic E-state index is 0.321. The lowest BCUT2D eigenvalue weighted by Gasteiger charge is -2.32. The number of aldehydes is 1. The Balaban J connectivity index is 1.82. The van der Waals surface area contributed by atoms with Crippen molar-refractivity contribution in [2.45, 2.75) is 30.4 Å². The van der Waals surface area contributed by atoms with Crippen molar-refractivity contribution in [2.75, 3.05) is 26.7 Å². The minimum absolute atomic E-state index is 0.321. The molecule has 0 fully saturated rings. The van der Waals surface area contributed by atoms with Crippen LogP contribution in [-0.2, 0) is 10.5 Å². The van der Waals surface area contributed by atoms with Gasteiger partial charge in [-0.2, -0.15) is 0 Å². The number of methoxy groups -OCH3 is 1. The smallest absolute Gasteiger partial charge is 0.132 e. The summed E-state index contributed by atoms with van der Waals surface area (Å²) in [5.41, 5.74) is 2.33.